The van der Waals surface area contributed by atoms with Crippen molar-refractivity contribution >= 4 is 35.5 Å². The van der Waals surface area contributed by atoms with E-state index in [9.17, 15) is 4.79 Å². The van der Waals surface area contributed by atoms with Gasteiger partial charge in [-0.25, -0.2) is 4.98 Å². The van der Waals surface area contributed by atoms with Crippen LogP contribution in [0.15, 0.2) is 53.7 Å². The van der Waals surface area contributed by atoms with Crippen molar-refractivity contribution in [3.63, 3.8) is 0 Å². The van der Waals surface area contributed by atoms with Gasteiger partial charge in [0.2, 0.25) is 11.1 Å². The van der Waals surface area contributed by atoms with E-state index in [0.717, 1.165) is 22.4 Å². The van der Waals surface area contributed by atoms with Gasteiger partial charge in [0.25, 0.3) is 0 Å². The van der Waals surface area contributed by atoms with Crippen molar-refractivity contribution in [3.05, 3.63) is 71.0 Å². The van der Waals surface area contributed by atoms with Gasteiger partial charge in [0, 0.05) is 5.69 Å². The van der Waals surface area contributed by atoms with Gasteiger partial charge in [-0.05, 0) is 42.7 Å². The first kappa shape index (κ1) is 17.9. The summed E-state index contributed by atoms with van der Waals surface area (Å²) in [7, 11) is 0. The van der Waals surface area contributed by atoms with Crippen LogP contribution in [0.4, 0.5) is 5.69 Å². The van der Waals surface area contributed by atoms with E-state index in [1.54, 1.807) is 0 Å². The fourth-order valence-electron chi connectivity index (χ4n) is 2.32. The van der Waals surface area contributed by atoms with Gasteiger partial charge in [-0.1, -0.05) is 60.3 Å². The van der Waals surface area contributed by atoms with Gasteiger partial charge in [0.05, 0.1) is 5.75 Å². The molecule has 0 atom stereocenters. The average Bonchev–Trinajstić information content (AvgIpc) is 3.10. The summed E-state index contributed by atoms with van der Waals surface area (Å²) in [6, 6.07) is 16.0. The summed E-state index contributed by atoms with van der Waals surface area (Å²) < 4.78 is 0. The van der Waals surface area contributed by atoms with Crippen LogP contribution < -0.4 is 5.32 Å². The Labute approximate surface area is 156 Å². The average molecular weight is 364 g/mol. The molecule has 6 heteroatoms. The molecule has 3 aromatic rings. The molecule has 0 radical (unpaired) electrons. The Balaban J connectivity index is 1.53. The number of aromatic amines is 1. The zero-order valence-corrected chi connectivity index (χ0v) is 15.5. The van der Waals surface area contributed by atoms with Crippen molar-refractivity contribution in [2.45, 2.75) is 19.0 Å². The Bertz CT molecular complexity index is 919. The zero-order valence-electron chi connectivity index (χ0n) is 14.7. The number of aryl methyl sites for hydroxylation is 2. The van der Waals surface area contributed by atoms with E-state index in [0.29, 0.717) is 11.0 Å². The van der Waals surface area contributed by atoms with Crippen molar-refractivity contribution in [2.75, 3.05) is 11.1 Å². The highest BCUT2D eigenvalue weighted by Gasteiger charge is 2.08. The zero-order chi connectivity index (χ0) is 18.4. The monoisotopic (exact) mass is 364 g/mol. The molecule has 0 fully saturated rings. The molecule has 0 unspecified atom stereocenters. The lowest BCUT2D eigenvalue weighted by atomic mass is 10.1. The van der Waals surface area contributed by atoms with Gasteiger partial charge in [-0.2, -0.15) is 0 Å². The molecule has 0 bridgehead atoms. The summed E-state index contributed by atoms with van der Waals surface area (Å²) >= 11 is 1.30. The first-order chi connectivity index (χ1) is 12.6. The lowest BCUT2D eigenvalue weighted by Gasteiger charge is -2.08. The van der Waals surface area contributed by atoms with Crippen molar-refractivity contribution < 1.29 is 4.79 Å². The van der Waals surface area contributed by atoms with Gasteiger partial charge in [0.1, 0.15) is 5.82 Å². The number of anilines is 1. The molecule has 3 rings (SSSR count). The number of aromatic nitrogens is 3. The molecule has 2 aromatic carbocycles. The third kappa shape index (κ3) is 5.07. The molecule has 5 nitrogen and oxygen atoms in total. The van der Waals surface area contributed by atoms with Crippen LogP contribution in [-0.4, -0.2) is 26.8 Å². The van der Waals surface area contributed by atoms with Crippen LogP contribution in [0.2, 0.25) is 0 Å². The highest BCUT2D eigenvalue weighted by atomic mass is 32.2. The number of amides is 1. The van der Waals surface area contributed by atoms with Crippen LogP contribution in [0.5, 0.6) is 0 Å². The maximum Gasteiger partial charge on any atom is 0.234 e. The molecular formula is C20H20N4OS. The molecule has 2 N–H and O–H groups in total. The van der Waals surface area contributed by atoms with Crippen molar-refractivity contribution in [1.29, 1.82) is 0 Å². The van der Waals surface area contributed by atoms with Crippen LogP contribution >= 0.6 is 11.8 Å². The second kappa shape index (κ2) is 8.49. The summed E-state index contributed by atoms with van der Waals surface area (Å²) in [5, 5.41) is 10.5. The number of carbonyl (C=O) groups excluding carboxylic acids is 1. The number of hydrogen-bond acceptors (Lipinski definition) is 4. The predicted molar refractivity (Wildman–Crippen MR) is 107 cm³/mol. The minimum absolute atomic E-state index is 0.0742. The minimum Gasteiger partial charge on any atom is -0.325 e. The van der Waals surface area contributed by atoms with Crippen LogP contribution in [0.25, 0.3) is 12.2 Å². The van der Waals surface area contributed by atoms with Crippen LogP contribution in [0.3, 0.4) is 0 Å². The van der Waals surface area contributed by atoms with Crippen LogP contribution in [0, 0.1) is 13.8 Å². The molecule has 1 aromatic heterocycles. The fourth-order valence-corrected chi connectivity index (χ4v) is 2.93. The molecule has 1 heterocycles. The molecule has 0 aliphatic rings. The van der Waals surface area contributed by atoms with E-state index in [4.69, 9.17) is 0 Å². The summed E-state index contributed by atoms with van der Waals surface area (Å²) in [6.45, 7) is 3.98. The van der Waals surface area contributed by atoms with Crippen molar-refractivity contribution in [1.82, 2.24) is 15.2 Å². The molecule has 0 aliphatic heterocycles. The number of nitrogens with one attached hydrogen (secondary N) is 2. The third-order valence-corrected chi connectivity index (χ3v) is 4.56. The summed E-state index contributed by atoms with van der Waals surface area (Å²) in [6.07, 6.45) is 3.82. The van der Waals surface area contributed by atoms with E-state index in [2.05, 4.69) is 20.5 Å². The Kier molecular flexibility index (Phi) is 5.86. The molecule has 1 amide bonds. The Morgan fingerprint density at radius 3 is 2.77 bits per heavy atom. The molecule has 0 aliphatic carbocycles. The molecule has 26 heavy (non-hydrogen) atoms. The van der Waals surface area contributed by atoms with Gasteiger partial charge in [-0.15, -0.1) is 5.10 Å². The first-order valence-corrected chi connectivity index (χ1v) is 9.24. The molecular weight excluding hydrogens is 344 g/mol. The molecule has 132 valence electrons. The summed E-state index contributed by atoms with van der Waals surface area (Å²) in [5.74, 6) is 0.841. The van der Waals surface area contributed by atoms with Gasteiger partial charge >= 0.3 is 0 Å². The quantitative estimate of drug-likeness (QED) is 0.639. The smallest absolute Gasteiger partial charge is 0.234 e. The maximum absolute atomic E-state index is 12.2. The predicted octanol–water partition coefficient (Wildman–Crippen LogP) is 4.32. The van der Waals surface area contributed by atoms with Gasteiger partial charge in [-0.3, -0.25) is 9.89 Å². The number of H-pyrrole nitrogens is 1. The number of hydrogen-bond donors (Lipinski definition) is 2. The molecule has 0 saturated heterocycles. The van der Waals surface area contributed by atoms with Gasteiger partial charge < -0.3 is 5.32 Å². The Morgan fingerprint density at radius 2 is 1.96 bits per heavy atom. The van der Waals surface area contributed by atoms with Gasteiger partial charge in [0.15, 0.2) is 0 Å². The SMILES string of the molecule is Cc1ccc(C)c(NC(=O)CSc2n[nH]c(/C=C/c3ccccc3)n2)c1. The number of carbonyl (C=O) groups is 1. The number of rotatable bonds is 6. The number of nitrogens with zero attached hydrogens (tertiary/aromatic N) is 2. The Hall–Kier alpha value is -2.86. The van der Waals surface area contributed by atoms with E-state index in [-0.39, 0.29) is 11.7 Å². The summed E-state index contributed by atoms with van der Waals surface area (Å²) in [5.41, 5.74) is 4.09. The fraction of sp³-hybridized carbons (Fsp3) is 0.150. The van der Waals surface area contributed by atoms with E-state index in [1.165, 1.54) is 11.8 Å². The lowest BCUT2D eigenvalue weighted by Crippen LogP contribution is -2.15. The van der Waals surface area contributed by atoms with Crippen LogP contribution in [-0.2, 0) is 4.79 Å². The topological polar surface area (TPSA) is 70.7 Å². The molecule has 0 saturated carbocycles. The van der Waals surface area contributed by atoms with Crippen molar-refractivity contribution in [2.24, 2.45) is 0 Å². The minimum atomic E-state index is -0.0742. The second-order valence-electron chi connectivity index (χ2n) is 5.90. The number of thioether (sulfide) groups is 1. The lowest BCUT2D eigenvalue weighted by molar-refractivity contribution is -0.113. The van der Waals surface area contributed by atoms with E-state index in [1.807, 2.05) is 74.5 Å². The standard InChI is InChI=1S/C20H20N4OS/c1-14-8-9-15(2)17(12-14)21-19(25)13-26-20-22-18(23-24-20)11-10-16-6-4-3-5-7-16/h3-12H,13H2,1-2H3,(H,21,25)(H,22,23,24)/b11-10+. The normalized spacial score (nSPS) is 11.0. The third-order valence-electron chi connectivity index (χ3n) is 3.71. The van der Waals surface area contributed by atoms with Crippen molar-refractivity contribution in [3.8, 4) is 0 Å². The molecule has 0 spiro atoms. The largest absolute Gasteiger partial charge is 0.325 e. The summed E-state index contributed by atoms with van der Waals surface area (Å²) in [4.78, 5) is 16.5. The highest BCUT2D eigenvalue weighted by molar-refractivity contribution is 7.99. The van der Waals surface area contributed by atoms with E-state index >= 15 is 0 Å². The maximum atomic E-state index is 12.2. The second-order valence-corrected chi connectivity index (χ2v) is 6.84. The van der Waals surface area contributed by atoms with E-state index < -0.39 is 0 Å². The Morgan fingerprint density at radius 1 is 1.15 bits per heavy atom. The number of benzene rings is 2. The first-order valence-electron chi connectivity index (χ1n) is 8.25. The highest BCUT2D eigenvalue weighted by Crippen LogP contribution is 2.18. The van der Waals surface area contributed by atoms with Crippen LogP contribution in [0.1, 0.15) is 22.5 Å².